The maximum Gasteiger partial charge on any atom is 0.232 e. The highest BCUT2D eigenvalue weighted by atomic mass is 35.5. The van der Waals surface area contributed by atoms with Crippen LogP contribution >= 0.6 is 11.6 Å². The Morgan fingerprint density at radius 2 is 2.19 bits per heavy atom. The Morgan fingerprint density at radius 1 is 1.35 bits per heavy atom. The van der Waals surface area contributed by atoms with E-state index in [1.807, 2.05) is 0 Å². The SMILES string of the molecule is C[C@H](NC(=O)C[S@@](=O)Cc1cc(Cl)c2c(c1)OCO2)[C@@H]1C[C@H]2CC[C@H]1C2. The third-order valence-electron chi connectivity index (χ3n) is 5.93. The first kappa shape index (κ1) is 18.1. The van der Waals surface area contributed by atoms with Gasteiger partial charge in [-0.15, -0.1) is 0 Å². The molecule has 7 heteroatoms. The minimum Gasteiger partial charge on any atom is -0.454 e. The van der Waals surface area contributed by atoms with Crippen molar-refractivity contribution in [3.63, 3.8) is 0 Å². The van der Waals surface area contributed by atoms with Crippen LogP contribution in [0.5, 0.6) is 11.5 Å². The second kappa shape index (κ2) is 7.39. The molecule has 0 saturated heterocycles. The number of amides is 1. The third-order valence-corrected chi connectivity index (χ3v) is 7.45. The van der Waals surface area contributed by atoms with E-state index in [1.54, 1.807) is 12.1 Å². The van der Waals surface area contributed by atoms with Gasteiger partial charge in [0.25, 0.3) is 0 Å². The number of hydrogen-bond acceptors (Lipinski definition) is 4. The molecule has 1 heterocycles. The molecule has 1 amide bonds. The second-order valence-electron chi connectivity index (χ2n) is 7.73. The Morgan fingerprint density at radius 3 is 2.92 bits per heavy atom. The molecule has 26 heavy (non-hydrogen) atoms. The van der Waals surface area contributed by atoms with E-state index in [0.717, 1.165) is 17.4 Å². The fourth-order valence-electron chi connectivity index (χ4n) is 4.80. The van der Waals surface area contributed by atoms with Crippen LogP contribution in [0.25, 0.3) is 0 Å². The molecule has 3 aliphatic rings. The fraction of sp³-hybridized carbons (Fsp3) is 0.632. The number of carbonyl (C=O) groups excluding carboxylic acids is 1. The van der Waals surface area contributed by atoms with Gasteiger partial charge in [-0.05, 0) is 61.6 Å². The van der Waals surface area contributed by atoms with Gasteiger partial charge >= 0.3 is 0 Å². The van der Waals surface area contributed by atoms with Gasteiger partial charge in [0.2, 0.25) is 12.7 Å². The van der Waals surface area contributed by atoms with Gasteiger partial charge in [0.1, 0.15) is 5.75 Å². The molecule has 1 N–H and O–H groups in total. The topological polar surface area (TPSA) is 64.6 Å². The Balaban J connectivity index is 1.29. The van der Waals surface area contributed by atoms with Gasteiger partial charge in [-0.2, -0.15) is 0 Å². The number of benzene rings is 1. The highest BCUT2D eigenvalue weighted by Crippen LogP contribution is 2.49. The summed E-state index contributed by atoms with van der Waals surface area (Å²) in [5.41, 5.74) is 0.784. The molecule has 0 aromatic heterocycles. The van der Waals surface area contributed by atoms with Crippen LogP contribution in [-0.4, -0.2) is 28.7 Å². The molecular formula is C19H24ClNO4S. The fourth-order valence-corrected chi connectivity index (χ4v) is 6.10. The van der Waals surface area contributed by atoms with Crippen molar-refractivity contribution in [2.45, 2.75) is 44.4 Å². The van der Waals surface area contributed by atoms with Gasteiger partial charge < -0.3 is 14.8 Å². The summed E-state index contributed by atoms with van der Waals surface area (Å²) < 4.78 is 23.0. The monoisotopic (exact) mass is 397 g/mol. The van der Waals surface area contributed by atoms with E-state index in [4.69, 9.17) is 21.1 Å². The zero-order valence-corrected chi connectivity index (χ0v) is 16.4. The molecule has 2 bridgehead atoms. The lowest BCUT2D eigenvalue weighted by Gasteiger charge is -2.28. The van der Waals surface area contributed by atoms with E-state index in [1.165, 1.54) is 25.7 Å². The van der Waals surface area contributed by atoms with E-state index in [2.05, 4.69) is 12.2 Å². The van der Waals surface area contributed by atoms with Crippen LogP contribution in [-0.2, 0) is 21.3 Å². The number of nitrogens with one attached hydrogen (secondary N) is 1. The molecule has 5 atom stereocenters. The van der Waals surface area contributed by atoms with Crippen molar-refractivity contribution in [1.82, 2.24) is 5.32 Å². The van der Waals surface area contributed by atoms with Gasteiger partial charge in [0.15, 0.2) is 11.5 Å². The summed E-state index contributed by atoms with van der Waals surface area (Å²) in [6.07, 6.45) is 5.20. The summed E-state index contributed by atoms with van der Waals surface area (Å²) in [6, 6.07) is 3.67. The first-order chi connectivity index (χ1) is 12.5. The Kier molecular flexibility index (Phi) is 5.15. The lowest BCUT2D eigenvalue weighted by molar-refractivity contribution is -0.119. The van der Waals surface area contributed by atoms with E-state index >= 15 is 0 Å². The summed E-state index contributed by atoms with van der Waals surface area (Å²) >= 11 is 6.15. The second-order valence-corrected chi connectivity index (χ2v) is 9.60. The summed E-state index contributed by atoms with van der Waals surface area (Å²) in [5.74, 6) is 3.44. The zero-order chi connectivity index (χ0) is 18.3. The summed E-state index contributed by atoms with van der Waals surface area (Å²) in [5, 5.41) is 3.52. The quantitative estimate of drug-likeness (QED) is 0.800. The standard InChI is InChI=1S/C19H24ClNO4S/c1-11(15-5-12-2-3-14(15)4-12)21-18(22)9-26(23)8-13-6-16(20)19-17(7-13)24-10-25-19/h6-7,11-12,14-15H,2-5,8-10H2,1H3,(H,21,22)/t11-,12-,14-,15-,26-/m0/s1. The Labute approximate surface area is 161 Å². The van der Waals surface area contributed by atoms with Crippen LogP contribution in [0.15, 0.2) is 12.1 Å². The molecule has 0 unspecified atom stereocenters. The number of carbonyl (C=O) groups is 1. The Hall–Kier alpha value is -1.27. The molecule has 2 aliphatic carbocycles. The number of fused-ring (bicyclic) bond motifs is 3. The van der Waals surface area contributed by atoms with Crippen molar-refractivity contribution in [2.75, 3.05) is 12.5 Å². The van der Waals surface area contributed by atoms with Crippen molar-refractivity contribution in [1.29, 1.82) is 0 Å². The predicted molar refractivity (Wildman–Crippen MR) is 101 cm³/mol. The van der Waals surface area contributed by atoms with Crippen LogP contribution in [0.3, 0.4) is 0 Å². The molecule has 1 aromatic carbocycles. The van der Waals surface area contributed by atoms with Crippen LogP contribution in [0.1, 0.15) is 38.2 Å². The largest absolute Gasteiger partial charge is 0.454 e. The van der Waals surface area contributed by atoms with Crippen LogP contribution in [0.2, 0.25) is 5.02 Å². The van der Waals surface area contributed by atoms with Gasteiger partial charge in [-0.25, -0.2) is 0 Å². The molecule has 0 radical (unpaired) electrons. The van der Waals surface area contributed by atoms with Gasteiger partial charge in [0.05, 0.1) is 5.02 Å². The van der Waals surface area contributed by atoms with Gasteiger partial charge in [-0.3, -0.25) is 9.00 Å². The molecule has 2 saturated carbocycles. The summed E-state index contributed by atoms with van der Waals surface area (Å²) in [4.78, 5) is 12.3. The molecule has 2 fully saturated rings. The van der Waals surface area contributed by atoms with E-state index in [-0.39, 0.29) is 30.2 Å². The number of rotatable bonds is 6. The van der Waals surface area contributed by atoms with Crippen molar-refractivity contribution >= 4 is 28.3 Å². The van der Waals surface area contributed by atoms with Crippen LogP contribution in [0.4, 0.5) is 0 Å². The van der Waals surface area contributed by atoms with Crippen molar-refractivity contribution in [3.05, 3.63) is 22.7 Å². The Bertz CT molecular complexity index is 740. The van der Waals surface area contributed by atoms with Crippen LogP contribution < -0.4 is 14.8 Å². The zero-order valence-electron chi connectivity index (χ0n) is 14.8. The van der Waals surface area contributed by atoms with Gasteiger partial charge in [0, 0.05) is 22.6 Å². The summed E-state index contributed by atoms with van der Waals surface area (Å²) in [7, 11) is -1.29. The average Bonchev–Trinajstić information content (AvgIpc) is 3.30. The molecule has 1 aliphatic heterocycles. The normalized spacial score (nSPS) is 28.2. The maximum absolute atomic E-state index is 12.4. The molecule has 0 spiro atoms. The van der Waals surface area contributed by atoms with E-state index in [0.29, 0.717) is 22.4 Å². The minimum atomic E-state index is -1.29. The minimum absolute atomic E-state index is 0.0111. The molecular weight excluding hydrogens is 374 g/mol. The smallest absolute Gasteiger partial charge is 0.232 e. The lowest BCUT2D eigenvalue weighted by Crippen LogP contribution is -2.42. The van der Waals surface area contributed by atoms with Crippen molar-refractivity contribution in [3.8, 4) is 11.5 Å². The molecule has 142 valence electrons. The first-order valence-corrected chi connectivity index (χ1v) is 11.1. The predicted octanol–water partition coefficient (Wildman–Crippen LogP) is 3.26. The average molecular weight is 398 g/mol. The number of hydrogen-bond donors (Lipinski definition) is 1. The van der Waals surface area contributed by atoms with Gasteiger partial charge in [-0.1, -0.05) is 18.0 Å². The lowest BCUT2D eigenvalue weighted by atomic mass is 9.84. The highest BCUT2D eigenvalue weighted by Gasteiger charge is 2.42. The van der Waals surface area contributed by atoms with Crippen molar-refractivity contribution in [2.24, 2.45) is 17.8 Å². The number of halogens is 1. The molecule has 5 nitrogen and oxygen atoms in total. The van der Waals surface area contributed by atoms with E-state index in [9.17, 15) is 9.00 Å². The first-order valence-electron chi connectivity index (χ1n) is 9.22. The number of ether oxygens (including phenoxy) is 2. The maximum atomic E-state index is 12.4. The molecule has 4 rings (SSSR count). The molecule has 1 aromatic rings. The highest BCUT2D eigenvalue weighted by molar-refractivity contribution is 7.84. The van der Waals surface area contributed by atoms with Crippen LogP contribution in [0, 0.1) is 17.8 Å². The summed E-state index contributed by atoms with van der Waals surface area (Å²) in [6.45, 7) is 2.23. The van der Waals surface area contributed by atoms with Crippen molar-refractivity contribution < 1.29 is 18.5 Å². The third kappa shape index (κ3) is 3.72. The van der Waals surface area contributed by atoms with E-state index < -0.39 is 10.8 Å².